The lowest BCUT2D eigenvalue weighted by atomic mass is 10.0. The predicted molar refractivity (Wildman–Crippen MR) is 168 cm³/mol. The van der Waals surface area contributed by atoms with Gasteiger partial charge >= 0.3 is 6.03 Å². The third-order valence-corrected chi connectivity index (χ3v) is 7.92. The molecule has 0 bridgehead atoms. The highest BCUT2D eigenvalue weighted by atomic mass is 32.1. The summed E-state index contributed by atoms with van der Waals surface area (Å²) in [6.45, 7) is 5.18. The van der Waals surface area contributed by atoms with E-state index in [2.05, 4.69) is 37.8 Å². The molecule has 5 rings (SSSR count). The maximum Gasteiger partial charge on any atom is 0.323 e. The molecule has 3 amide bonds. The number of carbonyl (C=O) groups excluding carboxylic acids is 2. The number of piperazine rings is 1. The van der Waals surface area contributed by atoms with Crippen LogP contribution in [0.4, 0.5) is 25.1 Å². The fourth-order valence-electron chi connectivity index (χ4n) is 5.29. The molecule has 0 saturated carbocycles. The number of benzene rings is 2. The van der Waals surface area contributed by atoms with E-state index in [9.17, 15) is 18.4 Å². The van der Waals surface area contributed by atoms with E-state index in [1.807, 2.05) is 0 Å². The zero-order chi connectivity index (χ0) is 31.1. The van der Waals surface area contributed by atoms with Gasteiger partial charge < -0.3 is 25.2 Å². The summed E-state index contributed by atoms with van der Waals surface area (Å²) in [6.07, 6.45) is 3.80. The third kappa shape index (κ3) is 8.68. The molecule has 0 unspecified atom stereocenters. The molecule has 2 fully saturated rings. The van der Waals surface area contributed by atoms with Gasteiger partial charge in [0.25, 0.3) is 0 Å². The summed E-state index contributed by atoms with van der Waals surface area (Å²) in [4.78, 5) is 36.0. The quantitative estimate of drug-likeness (QED) is 0.332. The van der Waals surface area contributed by atoms with Crippen molar-refractivity contribution in [2.75, 3.05) is 56.9 Å². The Hall–Kier alpha value is -4.20. The van der Waals surface area contributed by atoms with E-state index in [1.165, 1.54) is 48.7 Å². The largest absolute Gasteiger partial charge is 0.454 e. The lowest BCUT2D eigenvalue weighted by Gasteiger charge is -2.42. The number of nitrogens with zero attached hydrogens (tertiary/aromatic N) is 4. The van der Waals surface area contributed by atoms with Gasteiger partial charge in [-0.15, -0.1) is 0 Å². The number of carbonyl (C=O) groups is 2. The van der Waals surface area contributed by atoms with Gasteiger partial charge in [-0.1, -0.05) is 12.1 Å². The molecular formula is C31H35F2N7O3S. The number of rotatable bonds is 7. The summed E-state index contributed by atoms with van der Waals surface area (Å²) in [5, 5.41) is 8.08. The molecule has 2 aromatic carbocycles. The van der Waals surface area contributed by atoms with Crippen LogP contribution in [0.1, 0.15) is 18.4 Å². The molecule has 2 aliphatic rings. The standard InChI is InChI=1S/C31H35F2N7O3S/c1-38-12-9-24(10-13-38)39-14-16-40(17-15-39)31(42)36-28-20-25(8-11-34-28)43-27-7-6-23(19-26(27)33)35-30(44)37-29(41)18-21-2-4-22(32)5-3-21/h2-8,11,19-20,24H,9-10,12-18H2,1H3,(H,34,36,42)(H2,35,37,41,44). The van der Waals surface area contributed by atoms with Gasteiger partial charge in [-0.05, 0) is 81.1 Å². The van der Waals surface area contributed by atoms with Crippen molar-refractivity contribution in [1.82, 2.24) is 25.0 Å². The van der Waals surface area contributed by atoms with E-state index < -0.39 is 11.7 Å². The molecule has 2 saturated heterocycles. The first kappa shape index (κ1) is 31.2. The van der Waals surface area contributed by atoms with Crippen LogP contribution in [0.5, 0.6) is 11.5 Å². The minimum atomic E-state index is -0.666. The number of nitrogens with one attached hydrogen (secondary N) is 3. The van der Waals surface area contributed by atoms with Crippen molar-refractivity contribution < 1.29 is 23.1 Å². The Morgan fingerprint density at radius 3 is 2.39 bits per heavy atom. The smallest absolute Gasteiger partial charge is 0.323 e. The summed E-state index contributed by atoms with van der Waals surface area (Å²) < 4.78 is 33.7. The summed E-state index contributed by atoms with van der Waals surface area (Å²) >= 11 is 5.16. The summed E-state index contributed by atoms with van der Waals surface area (Å²) in [5.41, 5.74) is 0.930. The van der Waals surface area contributed by atoms with Gasteiger partial charge in [-0.2, -0.15) is 0 Å². The van der Waals surface area contributed by atoms with Gasteiger partial charge in [0.2, 0.25) is 5.91 Å². The lowest BCUT2D eigenvalue weighted by Crippen LogP contribution is -2.54. The van der Waals surface area contributed by atoms with Gasteiger partial charge in [-0.3, -0.25) is 15.0 Å². The number of aromatic nitrogens is 1. The molecular weight excluding hydrogens is 588 g/mol. The Bertz CT molecular complexity index is 1480. The summed E-state index contributed by atoms with van der Waals surface area (Å²) in [5.74, 6) is -0.906. The first-order valence-corrected chi connectivity index (χ1v) is 14.9. The number of hydrogen-bond donors (Lipinski definition) is 3. The number of piperidine rings is 1. The fourth-order valence-corrected chi connectivity index (χ4v) is 5.52. The molecule has 0 aliphatic carbocycles. The van der Waals surface area contributed by atoms with Gasteiger partial charge in [0, 0.05) is 56.2 Å². The van der Waals surface area contributed by atoms with Crippen LogP contribution < -0.4 is 20.7 Å². The molecule has 3 heterocycles. The zero-order valence-electron chi connectivity index (χ0n) is 24.4. The van der Waals surface area contributed by atoms with Crippen LogP contribution in [0.3, 0.4) is 0 Å². The molecule has 10 nitrogen and oxygen atoms in total. The number of ether oxygens (including phenoxy) is 1. The molecule has 0 atom stereocenters. The van der Waals surface area contributed by atoms with Crippen molar-refractivity contribution >= 4 is 40.8 Å². The van der Waals surface area contributed by atoms with E-state index in [4.69, 9.17) is 17.0 Å². The number of thiocarbonyl (C=S) groups is 1. The van der Waals surface area contributed by atoms with E-state index >= 15 is 0 Å². The van der Waals surface area contributed by atoms with Crippen LogP contribution in [0.2, 0.25) is 0 Å². The maximum atomic E-state index is 14.9. The second-order valence-electron chi connectivity index (χ2n) is 10.9. The topological polar surface area (TPSA) is 102 Å². The first-order valence-electron chi connectivity index (χ1n) is 14.5. The monoisotopic (exact) mass is 623 g/mol. The third-order valence-electron chi connectivity index (χ3n) is 7.72. The van der Waals surface area contributed by atoms with E-state index in [1.54, 1.807) is 17.0 Å². The van der Waals surface area contributed by atoms with Gasteiger partial charge in [0.1, 0.15) is 17.4 Å². The van der Waals surface area contributed by atoms with Crippen molar-refractivity contribution in [3.63, 3.8) is 0 Å². The maximum absolute atomic E-state index is 14.9. The normalized spacial score (nSPS) is 16.3. The molecule has 1 aromatic heterocycles. The highest BCUT2D eigenvalue weighted by Gasteiger charge is 2.28. The molecule has 0 radical (unpaired) electrons. The lowest BCUT2D eigenvalue weighted by molar-refractivity contribution is -0.119. The van der Waals surface area contributed by atoms with Crippen LogP contribution in [0, 0.1) is 11.6 Å². The van der Waals surface area contributed by atoms with Crippen molar-refractivity contribution in [2.45, 2.75) is 25.3 Å². The Kier molecular flexibility index (Phi) is 10.3. The number of anilines is 2. The van der Waals surface area contributed by atoms with Gasteiger partial charge in [0.05, 0.1) is 6.42 Å². The Balaban J connectivity index is 1.09. The van der Waals surface area contributed by atoms with E-state index in [0.29, 0.717) is 41.9 Å². The highest BCUT2D eigenvalue weighted by Crippen LogP contribution is 2.28. The predicted octanol–water partition coefficient (Wildman–Crippen LogP) is 4.45. The molecule has 3 aromatic rings. The van der Waals surface area contributed by atoms with Crippen LogP contribution >= 0.6 is 12.2 Å². The van der Waals surface area contributed by atoms with E-state index in [0.717, 1.165) is 39.0 Å². The molecule has 13 heteroatoms. The van der Waals surface area contributed by atoms with Crippen LogP contribution in [-0.4, -0.2) is 89.1 Å². The Morgan fingerprint density at radius 2 is 1.68 bits per heavy atom. The van der Waals surface area contributed by atoms with Crippen LogP contribution in [0.25, 0.3) is 0 Å². The zero-order valence-corrected chi connectivity index (χ0v) is 25.2. The number of urea groups is 1. The average molecular weight is 624 g/mol. The number of halogens is 2. The Labute approximate surface area is 260 Å². The average Bonchev–Trinajstić information content (AvgIpc) is 3.00. The molecule has 44 heavy (non-hydrogen) atoms. The minimum Gasteiger partial charge on any atom is -0.454 e. The number of amides is 3. The molecule has 232 valence electrons. The second-order valence-corrected chi connectivity index (χ2v) is 11.3. The number of likely N-dealkylation sites (tertiary alicyclic amines) is 1. The second kappa shape index (κ2) is 14.5. The fraction of sp³-hybridized carbons (Fsp3) is 0.355. The SMILES string of the molecule is CN1CCC(N2CCN(C(=O)Nc3cc(Oc4ccc(NC(=S)NC(=O)Cc5ccc(F)cc5)cc4F)ccn3)CC2)CC1. The molecule has 3 N–H and O–H groups in total. The number of hydrogen-bond acceptors (Lipinski definition) is 7. The minimum absolute atomic E-state index is 0.00679. The van der Waals surface area contributed by atoms with Crippen molar-refractivity contribution in [1.29, 1.82) is 0 Å². The highest BCUT2D eigenvalue weighted by molar-refractivity contribution is 7.80. The van der Waals surface area contributed by atoms with Crippen molar-refractivity contribution in [3.05, 3.63) is 78.0 Å². The van der Waals surface area contributed by atoms with Gasteiger partial charge in [-0.25, -0.2) is 18.6 Å². The van der Waals surface area contributed by atoms with Crippen molar-refractivity contribution in [2.24, 2.45) is 0 Å². The van der Waals surface area contributed by atoms with Crippen molar-refractivity contribution in [3.8, 4) is 11.5 Å². The summed E-state index contributed by atoms with van der Waals surface area (Å²) in [6, 6.07) is 13.2. The van der Waals surface area contributed by atoms with E-state index in [-0.39, 0.29) is 29.1 Å². The summed E-state index contributed by atoms with van der Waals surface area (Å²) in [7, 11) is 2.15. The Morgan fingerprint density at radius 1 is 0.955 bits per heavy atom. The van der Waals surface area contributed by atoms with Crippen LogP contribution in [-0.2, 0) is 11.2 Å². The number of pyridine rings is 1. The first-order chi connectivity index (χ1) is 21.2. The van der Waals surface area contributed by atoms with Crippen LogP contribution in [0.15, 0.2) is 60.8 Å². The molecule has 0 spiro atoms. The van der Waals surface area contributed by atoms with Gasteiger partial charge in [0.15, 0.2) is 16.7 Å². The molecule has 2 aliphatic heterocycles.